The summed E-state index contributed by atoms with van der Waals surface area (Å²) >= 11 is 0. The fraction of sp³-hybridized carbons (Fsp3) is 0.764. The largest absolute Gasteiger partial charge is 0.394 e. The number of aliphatic hydroxyl groups is 2. The van der Waals surface area contributed by atoms with E-state index in [4.69, 9.17) is 0 Å². The van der Waals surface area contributed by atoms with Crippen LogP contribution in [0.2, 0.25) is 0 Å². The summed E-state index contributed by atoms with van der Waals surface area (Å²) in [6.07, 6.45) is 71.9. The van der Waals surface area contributed by atoms with Crippen molar-refractivity contribution >= 4 is 5.91 Å². The van der Waals surface area contributed by atoms with Crippen molar-refractivity contribution in [3.05, 3.63) is 72.9 Å². The van der Waals surface area contributed by atoms with Crippen LogP contribution >= 0.6 is 0 Å². The minimum atomic E-state index is -0.838. The van der Waals surface area contributed by atoms with Crippen molar-refractivity contribution in [2.75, 3.05) is 6.61 Å². The predicted octanol–water partition coefficient (Wildman–Crippen LogP) is 16.6. The third kappa shape index (κ3) is 46.7. The van der Waals surface area contributed by atoms with Crippen molar-refractivity contribution in [1.29, 1.82) is 0 Å². The number of nitrogens with one attached hydrogen (secondary N) is 1. The normalized spacial score (nSPS) is 13.5. The molecule has 4 nitrogen and oxygen atoms in total. The van der Waals surface area contributed by atoms with Gasteiger partial charge in [-0.25, -0.2) is 0 Å². The van der Waals surface area contributed by atoms with Crippen LogP contribution in [0.4, 0.5) is 0 Å². The van der Waals surface area contributed by atoms with Crippen LogP contribution in [0.3, 0.4) is 0 Å². The average Bonchev–Trinajstić information content (AvgIpc) is 3.24. The van der Waals surface area contributed by atoms with Crippen LogP contribution in [0, 0.1) is 0 Å². The minimum Gasteiger partial charge on any atom is -0.394 e. The monoisotopic (exact) mass is 822 g/mol. The minimum absolute atomic E-state index is 0.0642. The van der Waals surface area contributed by atoms with Gasteiger partial charge in [0.15, 0.2) is 0 Å². The van der Waals surface area contributed by atoms with Gasteiger partial charge in [0, 0.05) is 6.42 Å². The van der Waals surface area contributed by atoms with Gasteiger partial charge in [-0.2, -0.15) is 0 Å². The highest BCUT2D eigenvalue weighted by atomic mass is 16.3. The molecule has 0 bridgehead atoms. The van der Waals surface area contributed by atoms with E-state index in [1.54, 1.807) is 6.08 Å². The van der Waals surface area contributed by atoms with E-state index < -0.39 is 12.1 Å². The average molecular weight is 822 g/mol. The molecule has 2 atom stereocenters. The number of unbranched alkanes of at least 4 members (excludes halogenated alkanes) is 29. The smallest absolute Gasteiger partial charge is 0.220 e. The first-order valence-corrected chi connectivity index (χ1v) is 25.7. The number of hydrogen-bond donors (Lipinski definition) is 3. The van der Waals surface area contributed by atoms with Gasteiger partial charge in [-0.05, 0) is 64.2 Å². The Labute approximate surface area is 368 Å². The van der Waals surface area contributed by atoms with Crippen LogP contribution in [-0.2, 0) is 4.79 Å². The zero-order chi connectivity index (χ0) is 42.8. The van der Waals surface area contributed by atoms with Crippen molar-refractivity contribution in [3.8, 4) is 0 Å². The second kappa shape index (κ2) is 50.2. The predicted molar refractivity (Wildman–Crippen MR) is 262 cm³/mol. The molecule has 0 rings (SSSR count). The molecule has 0 aromatic heterocycles. The second-order valence-electron chi connectivity index (χ2n) is 17.2. The van der Waals surface area contributed by atoms with Gasteiger partial charge in [-0.3, -0.25) is 4.79 Å². The number of aliphatic hydroxyl groups excluding tert-OH is 2. The molecule has 3 N–H and O–H groups in total. The molecule has 0 aliphatic carbocycles. The van der Waals surface area contributed by atoms with Gasteiger partial charge in [-0.1, -0.05) is 254 Å². The lowest BCUT2D eigenvalue weighted by Gasteiger charge is -2.20. The highest BCUT2D eigenvalue weighted by molar-refractivity contribution is 5.76. The van der Waals surface area contributed by atoms with E-state index in [0.29, 0.717) is 6.42 Å². The molecule has 0 heterocycles. The summed E-state index contributed by atoms with van der Waals surface area (Å²) in [4.78, 5) is 12.4. The van der Waals surface area contributed by atoms with E-state index in [1.807, 2.05) is 6.08 Å². The first-order valence-electron chi connectivity index (χ1n) is 25.7. The summed E-state index contributed by atoms with van der Waals surface area (Å²) < 4.78 is 0. The van der Waals surface area contributed by atoms with Gasteiger partial charge >= 0.3 is 0 Å². The van der Waals surface area contributed by atoms with Gasteiger partial charge in [0.05, 0.1) is 18.8 Å². The van der Waals surface area contributed by atoms with Gasteiger partial charge in [0.1, 0.15) is 0 Å². The van der Waals surface area contributed by atoms with Crippen LogP contribution in [0.5, 0.6) is 0 Å². The number of carbonyl (C=O) groups excluding carboxylic acids is 1. The van der Waals surface area contributed by atoms with Crippen LogP contribution in [0.15, 0.2) is 72.9 Å². The van der Waals surface area contributed by atoms with E-state index in [2.05, 4.69) is 79.9 Å². The maximum Gasteiger partial charge on any atom is 0.220 e. The Morgan fingerprint density at radius 2 is 0.746 bits per heavy atom. The number of carbonyl (C=O) groups is 1. The molecule has 0 fully saturated rings. The van der Waals surface area contributed by atoms with E-state index in [-0.39, 0.29) is 12.5 Å². The zero-order valence-corrected chi connectivity index (χ0v) is 39.3. The maximum absolute atomic E-state index is 12.4. The first-order chi connectivity index (χ1) is 29.2. The Morgan fingerprint density at radius 1 is 0.424 bits per heavy atom. The molecule has 4 heteroatoms. The number of hydrogen-bond acceptors (Lipinski definition) is 3. The molecule has 1 amide bonds. The third-order valence-corrected chi connectivity index (χ3v) is 11.4. The summed E-state index contributed by atoms with van der Waals surface area (Å²) in [5.41, 5.74) is 0. The van der Waals surface area contributed by atoms with E-state index in [1.165, 1.54) is 173 Å². The van der Waals surface area contributed by atoms with Crippen LogP contribution < -0.4 is 5.32 Å². The molecule has 0 saturated heterocycles. The molecule has 59 heavy (non-hydrogen) atoms. The fourth-order valence-corrected chi connectivity index (χ4v) is 7.56. The van der Waals surface area contributed by atoms with E-state index in [0.717, 1.165) is 57.8 Å². The summed E-state index contributed by atoms with van der Waals surface area (Å²) in [6.45, 7) is 4.19. The van der Waals surface area contributed by atoms with Gasteiger partial charge in [0.2, 0.25) is 5.91 Å². The Bertz CT molecular complexity index is 1020. The van der Waals surface area contributed by atoms with Crippen molar-refractivity contribution in [2.45, 2.75) is 264 Å². The number of allylic oxidation sites excluding steroid dienone is 11. The molecule has 2 unspecified atom stereocenters. The van der Waals surface area contributed by atoms with Crippen LogP contribution in [-0.4, -0.2) is 34.9 Å². The quantitative estimate of drug-likeness (QED) is 0.0423. The van der Waals surface area contributed by atoms with Gasteiger partial charge in [0.25, 0.3) is 0 Å². The molecule has 0 aliphatic heterocycles. The summed E-state index contributed by atoms with van der Waals surface area (Å²) in [5.74, 6) is -0.0642. The first kappa shape index (κ1) is 56.8. The lowest BCUT2D eigenvalue weighted by Crippen LogP contribution is -2.45. The van der Waals surface area contributed by atoms with Gasteiger partial charge < -0.3 is 15.5 Å². The molecule has 0 aromatic carbocycles. The topological polar surface area (TPSA) is 69.6 Å². The Morgan fingerprint density at radius 3 is 1.12 bits per heavy atom. The number of amides is 1. The van der Waals surface area contributed by atoms with Crippen molar-refractivity contribution in [3.63, 3.8) is 0 Å². The highest BCUT2D eigenvalue weighted by Crippen LogP contribution is 2.16. The Balaban J connectivity index is 3.46. The maximum atomic E-state index is 12.4. The molecular formula is C55H99NO3. The van der Waals surface area contributed by atoms with Crippen molar-refractivity contribution in [1.82, 2.24) is 5.32 Å². The molecule has 0 aromatic rings. The summed E-state index contributed by atoms with van der Waals surface area (Å²) in [7, 11) is 0. The molecule has 0 spiro atoms. The molecule has 0 saturated carbocycles. The zero-order valence-electron chi connectivity index (χ0n) is 39.3. The molecule has 0 radical (unpaired) electrons. The standard InChI is InChI=1S/C55H99NO3/c1-3-5-7-9-11-13-15-17-18-19-20-21-22-23-24-25-26-27-28-29-30-31-32-33-34-35-36-37-38-39-41-43-45-47-49-51-55(59)56-53(52-57)54(58)50-48-46-44-42-40-16-14-12-10-8-6-4-2/h5,7,11,13,17-18,20-21,23-24,48,50,53-54,57-58H,3-4,6,8-10,12,14-16,19,22,25-47,49,51-52H2,1-2H3,(H,56,59)/b7-5-,13-11-,18-17-,21-20-,24-23-,50-48+. The fourth-order valence-electron chi connectivity index (χ4n) is 7.56. The van der Waals surface area contributed by atoms with E-state index >= 15 is 0 Å². The number of rotatable bonds is 46. The lowest BCUT2D eigenvalue weighted by atomic mass is 10.0. The Kier molecular flexibility index (Phi) is 48.3. The summed E-state index contributed by atoms with van der Waals surface area (Å²) in [6, 6.07) is -0.622. The van der Waals surface area contributed by atoms with Crippen LogP contribution in [0.25, 0.3) is 0 Å². The third-order valence-electron chi connectivity index (χ3n) is 11.4. The molecule has 342 valence electrons. The molecular weight excluding hydrogens is 723 g/mol. The SMILES string of the molecule is CC/C=C\C/C=C\C/C=C\C/C=C\C/C=C\CCCCCCCCCCCCCCCCCCCCCC(=O)NC(CO)C(O)/C=C/CCCCCCCCCCCC. The Hall–Kier alpha value is -2.17. The van der Waals surface area contributed by atoms with Crippen molar-refractivity contribution < 1.29 is 15.0 Å². The van der Waals surface area contributed by atoms with E-state index in [9.17, 15) is 15.0 Å². The van der Waals surface area contributed by atoms with Crippen LogP contribution in [0.1, 0.15) is 251 Å². The van der Waals surface area contributed by atoms with Gasteiger partial charge in [-0.15, -0.1) is 0 Å². The molecule has 0 aliphatic rings. The summed E-state index contributed by atoms with van der Waals surface area (Å²) in [5, 5.41) is 23.0. The van der Waals surface area contributed by atoms with Crippen molar-refractivity contribution in [2.24, 2.45) is 0 Å². The highest BCUT2D eigenvalue weighted by Gasteiger charge is 2.18. The lowest BCUT2D eigenvalue weighted by molar-refractivity contribution is -0.123. The second-order valence-corrected chi connectivity index (χ2v) is 17.2.